The highest BCUT2D eigenvalue weighted by molar-refractivity contribution is 8.02. The minimum atomic E-state index is -3.17. The van der Waals surface area contributed by atoms with E-state index in [1.54, 1.807) is 18.2 Å². The predicted molar refractivity (Wildman–Crippen MR) is 114 cm³/mol. The second-order valence-corrected chi connectivity index (χ2v) is 11.1. The molecule has 154 valence electrons. The van der Waals surface area contributed by atoms with Crippen LogP contribution >= 0.6 is 34.5 Å². The fourth-order valence-corrected chi connectivity index (χ4v) is 7.68. The van der Waals surface area contributed by atoms with Gasteiger partial charge in [-0.05, 0) is 30.2 Å². The average Bonchev–Trinajstić information content (AvgIpc) is 3.27. The van der Waals surface area contributed by atoms with Crippen LogP contribution < -0.4 is 15.2 Å². The number of amides is 2. The van der Waals surface area contributed by atoms with Gasteiger partial charge in [0, 0.05) is 11.6 Å². The van der Waals surface area contributed by atoms with E-state index in [2.05, 4.69) is 5.32 Å². The number of hydrogen-bond donors (Lipinski definition) is 2. The molecule has 11 heteroatoms. The smallest absolute Gasteiger partial charge is 0.260 e. The molecule has 0 aliphatic carbocycles. The Hall–Kier alpha value is -1.78. The second kappa shape index (κ2) is 7.48. The van der Waals surface area contributed by atoms with E-state index in [-0.39, 0.29) is 33.0 Å². The molecule has 1 unspecified atom stereocenters. The van der Waals surface area contributed by atoms with Crippen LogP contribution in [-0.2, 0) is 20.9 Å². The molecule has 0 saturated carbocycles. The van der Waals surface area contributed by atoms with Crippen molar-refractivity contribution in [3.05, 3.63) is 44.8 Å². The molecule has 2 aromatic rings. The number of carbonyl (C=O) groups excluding carboxylic acids is 2. The number of ether oxygens (including phenoxy) is 1. The number of methoxy groups -OCH3 is 1. The molecule has 1 saturated heterocycles. The number of hydrogen-bond acceptors (Lipinski definition) is 5. The third-order valence-corrected chi connectivity index (χ3v) is 9.18. The van der Waals surface area contributed by atoms with Crippen molar-refractivity contribution in [2.24, 2.45) is 5.14 Å². The van der Waals surface area contributed by atoms with E-state index in [1.165, 1.54) is 18.1 Å². The van der Waals surface area contributed by atoms with Crippen LogP contribution in [-0.4, -0.2) is 45.6 Å². The van der Waals surface area contributed by atoms with Crippen LogP contribution in [0.25, 0.3) is 0 Å². The summed E-state index contributed by atoms with van der Waals surface area (Å²) in [6.07, 6.45) is 0.461. The number of benzene rings is 1. The Labute approximate surface area is 181 Å². The topological polar surface area (TPSA) is 102 Å². The lowest BCUT2D eigenvalue weighted by molar-refractivity contribution is -0.120. The van der Waals surface area contributed by atoms with Crippen molar-refractivity contribution in [1.82, 2.24) is 10.2 Å². The monoisotopic (exact) mass is 473 g/mol. The summed E-state index contributed by atoms with van der Waals surface area (Å²) in [4.78, 5) is 27.0. The van der Waals surface area contributed by atoms with Gasteiger partial charge in [0.05, 0.1) is 39.2 Å². The summed E-state index contributed by atoms with van der Waals surface area (Å²) in [5.74, 6) is -0.0123. The molecule has 2 aliphatic rings. The predicted octanol–water partition coefficient (Wildman–Crippen LogP) is 2.30. The first-order valence-corrected chi connectivity index (χ1v) is 11.8. The number of nitrogens with one attached hydrogen (secondary N) is 1. The van der Waals surface area contributed by atoms with Crippen LogP contribution in [0.5, 0.6) is 5.75 Å². The average molecular weight is 474 g/mol. The van der Waals surface area contributed by atoms with Gasteiger partial charge < -0.3 is 15.0 Å². The second-order valence-electron chi connectivity index (χ2n) is 6.69. The molecular weight excluding hydrogens is 457 g/mol. The van der Waals surface area contributed by atoms with Crippen molar-refractivity contribution in [2.45, 2.75) is 23.1 Å². The highest BCUT2D eigenvalue weighted by Gasteiger charge is 2.44. The summed E-state index contributed by atoms with van der Waals surface area (Å²) in [5.41, 5.74) is 0.901. The largest absolute Gasteiger partial charge is 0.497 e. The molecule has 1 aromatic heterocycles. The van der Waals surface area contributed by atoms with Crippen molar-refractivity contribution in [2.75, 3.05) is 13.7 Å². The quantitative estimate of drug-likeness (QED) is 0.664. The number of thiophene rings is 1. The standard InChI is InChI=1S/C18H17Cl2N3O4S2/c1-27-10-3-2-9(12(19)7-10)6-15(24)22-13-4-5-23-16(25)11-8-14(20)28-18(11)29(21,26)17(13)23/h2-3,7-8,13H,4-6H2,1H3,(H2,21,26)(H,22,24)/t13-,29?/m1/s1. The van der Waals surface area contributed by atoms with Crippen molar-refractivity contribution in [3.63, 3.8) is 0 Å². The fourth-order valence-electron chi connectivity index (χ4n) is 3.57. The minimum Gasteiger partial charge on any atom is -0.497 e. The fraction of sp³-hybridized carbons (Fsp3) is 0.278. The first kappa shape index (κ1) is 20.5. The number of nitrogens with two attached hydrogens (primary N) is 1. The van der Waals surface area contributed by atoms with Crippen LogP contribution in [0, 0.1) is 0 Å². The number of halogens is 2. The summed E-state index contributed by atoms with van der Waals surface area (Å²) in [7, 11) is -1.64. The van der Waals surface area contributed by atoms with E-state index in [1.807, 2.05) is 0 Å². The molecule has 2 amide bonds. The van der Waals surface area contributed by atoms with Gasteiger partial charge in [-0.25, -0.2) is 4.21 Å². The van der Waals surface area contributed by atoms with Gasteiger partial charge in [-0.1, -0.05) is 29.3 Å². The van der Waals surface area contributed by atoms with E-state index in [4.69, 9.17) is 33.1 Å². The Morgan fingerprint density at radius 1 is 1.41 bits per heavy atom. The highest BCUT2D eigenvalue weighted by atomic mass is 35.5. The van der Waals surface area contributed by atoms with Crippen LogP contribution in [0.4, 0.5) is 0 Å². The lowest BCUT2D eigenvalue weighted by Gasteiger charge is -2.28. The SMILES string of the molecule is COc1ccc(CC(=O)N[C@@H]2CCN3C(=O)c4cc(Cl)sc4S(N)(=O)=C23)c(Cl)c1. The number of nitrogens with zero attached hydrogens (tertiary/aromatic N) is 1. The zero-order chi connectivity index (χ0) is 20.9. The number of fused-ring (bicyclic) bond motifs is 2. The summed E-state index contributed by atoms with van der Waals surface area (Å²) in [6.45, 7) is 0.323. The first-order valence-electron chi connectivity index (χ1n) is 8.64. The molecule has 3 N–H and O–H groups in total. The molecule has 1 fully saturated rings. The van der Waals surface area contributed by atoms with Gasteiger partial charge in [0.1, 0.15) is 14.9 Å². The molecule has 7 nitrogen and oxygen atoms in total. The molecule has 0 radical (unpaired) electrons. The number of carbonyl (C=O) groups is 2. The maximum Gasteiger partial charge on any atom is 0.260 e. The summed E-state index contributed by atoms with van der Waals surface area (Å²) in [5, 5.41) is 9.45. The molecule has 0 bridgehead atoms. The van der Waals surface area contributed by atoms with Gasteiger partial charge in [0.2, 0.25) is 5.91 Å². The lowest BCUT2D eigenvalue weighted by atomic mass is 10.1. The molecule has 2 atom stereocenters. The Kier molecular flexibility index (Phi) is 5.28. The molecule has 1 aromatic carbocycles. The summed E-state index contributed by atoms with van der Waals surface area (Å²) >= 11 is 13.3. The minimum absolute atomic E-state index is 0.0302. The van der Waals surface area contributed by atoms with E-state index in [0.717, 1.165) is 11.3 Å². The van der Waals surface area contributed by atoms with Crippen molar-refractivity contribution < 1.29 is 18.5 Å². The Balaban J connectivity index is 1.61. The number of rotatable bonds is 4. The van der Waals surface area contributed by atoms with Crippen molar-refractivity contribution in [1.29, 1.82) is 0 Å². The van der Waals surface area contributed by atoms with Gasteiger partial charge in [-0.2, -0.15) is 0 Å². The Morgan fingerprint density at radius 2 is 2.17 bits per heavy atom. The normalized spacial score (nSPS) is 23.0. The first-order chi connectivity index (χ1) is 13.7. The zero-order valence-electron chi connectivity index (χ0n) is 15.2. The molecule has 4 rings (SSSR count). The Morgan fingerprint density at radius 3 is 2.86 bits per heavy atom. The van der Waals surface area contributed by atoms with E-state index in [9.17, 15) is 13.8 Å². The van der Waals surface area contributed by atoms with E-state index >= 15 is 0 Å². The summed E-state index contributed by atoms with van der Waals surface area (Å²) in [6, 6.07) is 5.95. The van der Waals surface area contributed by atoms with Crippen LogP contribution in [0.1, 0.15) is 22.3 Å². The zero-order valence-corrected chi connectivity index (χ0v) is 18.4. The third-order valence-electron chi connectivity index (χ3n) is 4.88. The van der Waals surface area contributed by atoms with Crippen LogP contribution in [0.15, 0.2) is 28.5 Å². The Bertz CT molecular complexity index is 1150. The maximum absolute atomic E-state index is 13.4. The van der Waals surface area contributed by atoms with Gasteiger partial charge in [0.15, 0.2) is 0 Å². The van der Waals surface area contributed by atoms with E-state index < -0.39 is 15.7 Å². The van der Waals surface area contributed by atoms with Crippen molar-refractivity contribution >= 4 is 61.0 Å². The van der Waals surface area contributed by atoms with Crippen LogP contribution in [0.2, 0.25) is 9.36 Å². The molecule has 0 spiro atoms. The summed E-state index contributed by atoms with van der Waals surface area (Å²) < 4.78 is 19.1. The lowest BCUT2D eigenvalue weighted by Crippen LogP contribution is -2.50. The maximum atomic E-state index is 13.4. The molecular formula is C18H17Cl2N3O4S2. The van der Waals surface area contributed by atoms with Crippen LogP contribution in [0.3, 0.4) is 0 Å². The highest BCUT2D eigenvalue weighted by Crippen LogP contribution is 2.37. The van der Waals surface area contributed by atoms with Gasteiger partial charge in [-0.3, -0.25) is 14.7 Å². The van der Waals surface area contributed by atoms with Gasteiger partial charge in [-0.15, -0.1) is 11.3 Å². The van der Waals surface area contributed by atoms with E-state index in [0.29, 0.717) is 33.6 Å². The molecule has 29 heavy (non-hydrogen) atoms. The van der Waals surface area contributed by atoms with Gasteiger partial charge in [0.25, 0.3) is 5.91 Å². The molecule has 2 aliphatic heterocycles. The van der Waals surface area contributed by atoms with Gasteiger partial charge >= 0.3 is 0 Å². The van der Waals surface area contributed by atoms with Crippen molar-refractivity contribution in [3.8, 4) is 5.75 Å². The third kappa shape index (κ3) is 3.51. The molecule has 3 heterocycles.